The van der Waals surface area contributed by atoms with Crippen molar-refractivity contribution in [2.24, 2.45) is 0 Å². The minimum absolute atomic E-state index is 0.395. The Hall–Kier alpha value is -1.30. The van der Waals surface area contributed by atoms with Gasteiger partial charge in [0.1, 0.15) is 5.01 Å². The third kappa shape index (κ3) is 3.06. The van der Waals surface area contributed by atoms with Crippen LogP contribution in [0.2, 0.25) is 0 Å². The van der Waals surface area contributed by atoms with E-state index in [1.165, 1.54) is 15.4 Å². The first-order valence-corrected chi connectivity index (χ1v) is 7.96. The Bertz CT molecular complexity index is 540. The molecule has 0 spiro atoms. The number of nitrogens with zero attached hydrogens (tertiary/aromatic N) is 3. The normalized spacial score (nSPS) is 20.1. The number of hydrogen-bond acceptors (Lipinski definition) is 5. The standard InChI is InChI=1S/C15H20N4S/c1-2-13-9-18-15(20-13)11-19-7-6-17-10-14(19)12-4-3-5-16-8-12/h3-5,8-9,14,17H,2,6-7,10-11H2,1H3. The zero-order valence-corrected chi connectivity index (χ0v) is 12.6. The third-order valence-corrected chi connectivity index (χ3v) is 4.84. The minimum atomic E-state index is 0.395. The summed E-state index contributed by atoms with van der Waals surface area (Å²) in [6, 6.07) is 4.57. The minimum Gasteiger partial charge on any atom is -0.314 e. The second-order valence-corrected chi connectivity index (χ2v) is 6.25. The summed E-state index contributed by atoms with van der Waals surface area (Å²) in [6.07, 6.45) is 6.90. The van der Waals surface area contributed by atoms with Crippen molar-refractivity contribution < 1.29 is 0 Å². The van der Waals surface area contributed by atoms with Crippen molar-refractivity contribution in [3.8, 4) is 0 Å². The highest BCUT2D eigenvalue weighted by molar-refractivity contribution is 7.11. The van der Waals surface area contributed by atoms with Gasteiger partial charge >= 0.3 is 0 Å². The van der Waals surface area contributed by atoms with Crippen molar-refractivity contribution in [1.29, 1.82) is 0 Å². The molecule has 1 N–H and O–H groups in total. The van der Waals surface area contributed by atoms with Gasteiger partial charge in [-0.25, -0.2) is 4.98 Å². The lowest BCUT2D eigenvalue weighted by molar-refractivity contribution is 0.153. The molecule has 2 aromatic heterocycles. The monoisotopic (exact) mass is 288 g/mol. The molecule has 1 atom stereocenters. The van der Waals surface area contributed by atoms with E-state index in [1.807, 2.05) is 36.0 Å². The van der Waals surface area contributed by atoms with Crippen LogP contribution in [0, 0.1) is 0 Å². The van der Waals surface area contributed by atoms with Gasteiger partial charge in [-0.3, -0.25) is 9.88 Å². The van der Waals surface area contributed by atoms with Crippen LogP contribution in [0.3, 0.4) is 0 Å². The molecule has 1 saturated heterocycles. The Morgan fingerprint density at radius 3 is 3.15 bits per heavy atom. The van der Waals surface area contributed by atoms with Gasteiger partial charge in [-0.05, 0) is 18.1 Å². The van der Waals surface area contributed by atoms with Crippen molar-refractivity contribution in [1.82, 2.24) is 20.2 Å². The van der Waals surface area contributed by atoms with E-state index in [0.29, 0.717) is 6.04 Å². The fourth-order valence-electron chi connectivity index (χ4n) is 2.60. The van der Waals surface area contributed by atoms with Gasteiger partial charge in [-0.2, -0.15) is 0 Å². The molecular formula is C15H20N4S. The zero-order chi connectivity index (χ0) is 13.8. The lowest BCUT2D eigenvalue weighted by atomic mass is 10.1. The van der Waals surface area contributed by atoms with Crippen LogP contribution in [-0.2, 0) is 13.0 Å². The quantitative estimate of drug-likeness (QED) is 0.937. The summed E-state index contributed by atoms with van der Waals surface area (Å²) in [5.41, 5.74) is 1.28. The van der Waals surface area contributed by atoms with Gasteiger partial charge in [0.2, 0.25) is 0 Å². The smallest absolute Gasteiger partial charge is 0.107 e. The van der Waals surface area contributed by atoms with Crippen LogP contribution < -0.4 is 5.32 Å². The topological polar surface area (TPSA) is 41.1 Å². The predicted octanol–water partition coefficient (Wildman–Crippen LogP) is 2.25. The fourth-order valence-corrected chi connectivity index (χ4v) is 3.48. The number of rotatable bonds is 4. The summed E-state index contributed by atoms with van der Waals surface area (Å²) in [5.74, 6) is 0. The molecule has 106 valence electrons. The lowest BCUT2D eigenvalue weighted by Crippen LogP contribution is -2.45. The molecule has 0 bridgehead atoms. The summed E-state index contributed by atoms with van der Waals surface area (Å²) >= 11 is 1.83. The Morgan fingerprint density at radius 1 is 1.45 bits per heavy atom. The molecule has 4 nitrogen and oxygen atoms in total. The maximum absolute atomic E-state index is 4.55. The maximum Gasteiger partial charge on any atom is 0.107 e. The van der Waals surface area contributed by atoms with E-state index in [1.54, 1.807) is 0 Å². The van der Waals surface area contributed by atoms with Gasteiger partial charge < -0.3 is 5.32 Å². The molecule has 2 aromatic rings. The molecule has 0 aliphatic carbocycles. The molecule has 1 aliphatic heterocycles. The molecule has 0 radical (unpaired) electrons. The molecule has 0 saturated carbocycles. The van der Waals surface area contributed by atoms with Gasteiger partial charge in [-0.1, -0.05) is 13.0 Å². The summed E-state index contributed by atoms with van der Waals surface area (Å²) in [6.45, 7) is 6.20. The van der Waals surface area contributed by atoms with Crippen molar-refractivity contribution >= 4 is 11.3 Å². The van der Waals surface area contributed by atoms with Crippen molar-refractivity contribution in [2.75, 3.05) is 19.6 Å². The van der Waals surface area contributed by atoms with Crippen molar-refractivity contribution in [3.05, 3.63) is 46.2 Å². The largest absolute Gasteiger partial charge is 0.314 e. The number of nitrogens with one attached hydrogen (secondary N) is 1. The molecule has 0 aromatic carbocycles. The van der Waals surface area contributed by atoms with E-state index in [9.17, 15) is 0 Å². The van der Waals surface area contributed by atoms with E-state index < -0.39 is 0 Å². The molecule has 1 aliphatic rings. The second kappa shape index (κ2) is 6.43. The average Bonchev–Trinajstić information content (AvgIpc) is 2.96. The highest BCUT2D eigenvalue weighted by Gasteiger charge is 2.24. The van der Waals surface area contributed by atoms with E-state index in [4.69, 9.17) is 0 Å². The molecular weight excluding hydrogens is 268 g/mol. The van der Waals surface area contributed by atoms with Crippen LogP contribution in [0.1, 0.15) is 28.4 Å². The van der Waals surface area contributed by atoms with Crippen LogP contribution in [0.5, 0.6) is 0 Å². The Kier molecular flexibility index (Phi) is 4.40. The molecule has 20 heavy (non-hydrogen) atoms. The maximum atomic E-state index is 4.55. The summed E-state index contributed by atoms with van der Waals surface area (Å²) < 4.78 is 0. The summed E-state index contributed by atoms with van der Waals surface area (Å²) in [5, 5.41) is 4.70. The molecule has 5 heteroatoms. The first-order chi connectivity index (χ1) is 9.86. The second-order valence-electron chi connectivity index (χ2n) is 5.05. The number of piperazine rings is 1. The van der Waals surface area contributed by atoms with Gasteiger partial charge in [0.05, 0.1) is 6.54 Å². The van der Waals surface area contributed by atoms with Crippen molar-refractivity contribution in [2.45, 2.75) is 25.9 Å². The van der Waals surface area contributed by atoms with E-state index in [-0.39, 0.29) is 0 Å². The molecule has 3 heterocycles. The van der Waals surface area contributed by atoms with Crippen LogP contribution in [0.4, 0.5) is 0 Å². The highest BCUT2D eigenvalue weighted by Crippen LogP contribution is 2.25. The zero-order valence-electron chi connectivity index (χ0n) is 11.7. The van der Waals surface area contributed by atoms with E-state index in [2.05, 4.69) is 33.2 Å². The first-order valence-electron chi connectivity index (χ1n) is 7.15. The van der Waals surface area contributed by atoms with E-state index >= 15 is 0 Å². The van der Waals surface area contributed by atoms with Gasteiger partial charge in [0.15, 0.2) is 0 Å². The highest BCUT2D eigenvalue weighted by atomic mass is 32.1. The fraction of sp³-hybridized carbons (Fsp3) is 0.467. The number of thiazole rings is 1. The van der Waals surface area contributed by atoms with Crippen LogP contribution >= 0.6 is 11.3 Å². The van der Waals surface area contributed by atoms with E-state index in [0.717, 1.165) is 32.6 Å². The Morgan fingerprint density at radius 2 is 2.40 bits per heavy atom. The van der Waals surface area contributed by atoms with Crippen molar-refractivity contribution in [3.63, 3.8) is 0 Å². The van der Waals surface area contributed by atoms with Gasteiger partial charge in [0.25, 0.3) is 0 Å². The number of pyridine rings is 1. The number of aromatic nitrogens is 2. The van der Waals surface area contributed by atoms with Crippen LogP contribution in [-0.4, -0.2) is 34.5 Å². The van der Waals surface area contributed by atoms with Gasteiger partial charge in [-0.15, -0.1) is 11.3 Å². The lowest BCUT2D eigenvalue weighted by Gasteiger charge is -2.35. The summed E-state index contributed by atoms with van der Waals surface area (Å²) in [4.78, 5) is 12.7. The molecule has 1 unspecified atom stereocenters. The van der Waals surface area contributed by atoms with Crippen LogP contribution in [0.25, 0.3) is 0 Å². The SMILES string of the molecule is CCc1cnc(CN2CCNCC2c2cccnc2)s1. The predicted molar refractivity (Wildman–Crippen MR) is 81.7 cm³/mol. The van der Waals surface area contributed by atoms with Gasteiger partial charge in [0, 0.05) is 49.1 Å². The summed E-state index contributed by atoms with van der Waals surface area (Å²) in [7, 11) is 0. The molecule has 0 amide bonds. The Balaban J connectivity index is 1.75. The first kappa shape index (κ1) is 13.7. The molecule has 1 fully saturated rings. The average molecular weight is 288 g/mol. The molecule has 3 rings (SSSR count). The number of hydrogen-bond donors (Lipinski definition) is 1. The third-order valence-electron chi connectivity index (χ3n) is 3.71. The van der Waals surface area contributed by atoms with Crippen LogP contribution in [0.15, 0.2) is 30.7 Å². The number of aryl methyl sites for hydroxylation is 1. The Labute approximate surface area is 123 Å².